The number of anilines is 1. The average Bonchev–Trinajstić information content (AvgIpc) is 2.90. The van der Waals surface area contributed by atoms with Crippen molar-refractivity contribution in [1.29, 1.82) is 0 Å². The minimum Gasteiger partial charge on any atom is -0.398 e. The van der Waals surface area contributed by atoms with E-state index in [1.165, 1.54) is 4.88 Å². The number of thiophene rings is 1. The van der Waals surface area contributed by atoms with Crippen molar-refractivity contribution >= 4 is 38.9 Å². The van der Waals surface area contributed by atoms with Crippen molar-refractivity contribution in [2.45, 2.75) is 26.4 Å². The smallest absolute Gasteiger partial charge is 0.256 e. The summed E-state index contributed by atoms with van der Waals surface area (Å²) in [5.41, 5.74) is 6.99. The number of hydrogen-bond donors (Lipinski definition) is 1. The fraction of sp³-hybridized carbons (Fsp3) is 0.267. The van der Waals surface area contributed by atoms with E-state index >= 15 is 0 Å². The quantitative estimate of drug-likeness (QED) is 0.840. The van der Waals surface area contributed by atoms with Gasteiger partial charge >= 0.3 is 0 Å². The number of nitrogens with two attached hydrogens (primary N) is 1. The third kappa shape index (κ3) is 3.41. The van der Waals surface area contributed by atoms with E-state index < -0.39 is 0 Å². The SMILES string of the molecule is CC(C)N(Cc1cccs1)C(=O)c1cc(Br)ccc1N. The van der Waals surface area contributed by atoms with Crippen molar-refractivity contribution in [3.05, 3.63) is 50.6 Å². The topological polar surface area (TPSA) is 46.3 Å². The number of carbonyl (C=O) groups excluding carboxylic acids is 1. The Kier molecular flexibility index (Phi) is 4.83. The highest BCUT2D eigenvalue weighted by molar-refractivity contribution is 9.10. The van der Waals surface area contributed by atoms with Crippen molar-refractivity contribution in [3.8, 4) is 0 Å². The molecular formula is C15H17BrN2OS. The predicted molar refractivity (Wildman–Crippen MR) is 87.9 cm³/mol. The average molecular weight is 353 g/mol. The summed E-state index contributed by atoms with van der Waals surface area (Å²) in [6.45, 7) is 4.64. The molecule has 2 N–H and O–H groups in total. The second kappa shape index (κ2) is 6.41. The molecule has 0 saturated heterocycles. The van der Waals surface area contributed by atoms with Gasteiger partial charge in [0.2, 0.25) is 0 Å². The molecule has 0 atom stereocenters. The van der Waals surface area contributed by atoms with E-state index in [4.69, 9.17) is 5.73 Å². The minimum absolute atomic E-state index is 0.0350. The zero-order chi connectivity index (χ0) is 14.7. The zero-order valence-electron chi connectivity index (χ0n) is 11.5. The maximum Gasteiger partial charge on any atom is 0.256 e. The number of amides is 1. The van der Waals surface area contributed by atoms with E-state index in [2.05, 4.69) is 15.9 Å². The van der Waals surface area contributed by atoms with Gasteiger partial charge in [0, 0.05) is 21.1 Å². The summed E-state index contributed by atoms with van der Waals surface area (Å²) in [6.07, 6.45) is 0. The summed E-state index contributed by atoms with van der Waals surface area (Å²) >= 11 is 5.04. The number of nitrogens with zero attached hydrogens (tertiary/aromatic N) is 1. The van der Waals surface area contributed by atoms with Crippen LogP contribution in [0.25, 0.3) is 0 Å². The fourth-order valence-corrected chi connectivity index (χ4v) is 2.99. The third-order valence-electron chi connectivity index (χ3n) is 3.04. The third-order valence-corrected chi connectivity index (χ3v) is 4.39. The molecule has 0 saturated carbocycles. The molecule has 0 aliphatic carbocycles. The van der Waals surface area contributed by atoms with Crippen LogP contribution in [0.5, 0.6) is 0 Å². The molecule has 1 amide bonds. The first kappa shape index (κ1) is 15.1. The monoisotopic (exact) mass is 352 g/mol. The van der Waals surface area contributed by atoms with Crippen molar-refractivity contribution in [1.82, 2.24) is 4.90 Å². The summed E-state index contributed by atoms with van der Waals surface area (Å²) < 4.78 is 0.856. The maximum absolute atomic E-state index is 12.7. The van der Waals surface area contributed by atoms with E-state index in [0.29, 0.717) is 17.8 Å². The molecule has 5 heteroatoms. The van der Waals surface area contributed by atoms with Gasteiger partial charge in [-0.15, -0.1) is 11.3 Å². The Morgan fingerprint density at radius 2 is 2.15 bits per heavy atom. The van der Waals surface area contributed by atoms with Crippen LogP contribution < -0.4 is 5.73 Å². The van der Waals surface area contributed by atoms with Gasteiger partial charge in [-0.2, -0.15) is 0 Å². The Morgan fingerprint density at radius 1 is 1.40 bits per heavy atom. The molecule has 2 rings (SSSR count). The highest BCUT2D eigenvalue weighted by Crippen LogP contribution is 2.23. The molecule has 0 aliphatic rings. The molecule has 0 fully saturated rings. The van der Waals surface area contributed by atoms with Crippen LogP contribution in [0.3, 0.4) is 0 Å². The Labute approximate surface area is 131 Å². The largest absolute Gasteiger partial charge is 0.398 e. The normalized spacial score (nSPS) is 10.8. The van der Waals surface area contributed by atoms with Crippen LogP contribution in [-0.2, 0) is 6.54 Å². The van der Waals surface area contributed by atoms with E-state index in [-0.39, 0.29) is 11.9 Å². The molecule has 106 valence electrons. The first-order valence-corrected chi connectivity index (χ1v) is 8.04. The first-order valence-electron chi connectivity index (χ1n) is 6.37. The lowest BCUT2D eigenvalue weighted by Crippen LogP contribution is -2.36. The lowest BCUT2D eigenvalue weighted by molar-refractivity contribution is 0.0693. The van der Waals surface area contributed by atoms with Crippen LogP contribution in [0.4, 0.5) is 5.69 Å². The van der Waals surface area contributed by atoms with Crippen LogP contribution in [0.1, 0.15) is 29.1 Å². The van der Waals surface area contributed by atoms with Gasteiger partial charge in [-0.1, -0.05) is 22.0 Å². The number of carbonyl (C=O) groups is 1. The van der Waals surface area contributed by atoms with E-state index in [1.807, 2.05) is 42.3 Å². The molecule has 0 unspecified atom stereocenters. The predicted octanol–water partition coefficient (Wildman–Crippen LogP) is 4.14. The molecule has 1 aromatic heterocycles. The summed E-state index contributed by atoms with van der Waals surface area (Å²) in [6, 6.07) is 9.52. The minimum atomic E-state index is -0.0350. The molecule has 3 nitrogen and oxygen atoms in total. The van der Waals surface area contributed by atoms with Gasteiger partial charge in [0.15, 0.2) is 0 Å². The van der Waals surface area contributed by atoms with Crippen molar-refractivity contribution in [2.24, 2.45) is 0 Å². The molecule has 0 aliphatic heterocycles. The summed E-state index contributed by atoms with van der Waals surface area (Å²) in [7, 11) is 0. The molecule has 1 heterocycles. The maximum atomic E-state index is 12.7. The Balaban J connectivity index is 2.29. The highest BCUT2D eigenvalue weighted by atomic mass is 79.9. The van der Waals surface area contributed by atoms with Crippen LogP contribution in [0.15, 0.2) is 40.2 Å². The Bertz CT molecular complexity index is 596. The van der Waals surface area contributed by atoms with E-state index in [9.17, 15) is 4.79 Å². The van der Waals surface area contributed by atoms with Gasteiger partial charge in [0.1, 0.15) is 0 Å². The van der Waals surface area contributed by atoms with Crippen LogP contribution in [0, 0.1) is 0 Å². The number of rotatable bonds is 4. The molecular weight excluding hydrogens is 336 g/mol. The van der Waals surface area contributed by atoms with Crippen molar-refractivity contribution in [2.75, 3.05) is 5.73 Å². The summed E-state index contributed by atoms with van der Waals surface area (Å²) in [4.78, 5) is 15.7. The van der Waals surface area contributed by atoms with E-state index in [0.717, 1.165) is 4.47 Å². The molecule has 0 spiro atoms. The second-order valence-electron chi connectivity index (χ2n) is 4.84. The zero-order valence-corrected chi connectivity index (χ0v) is 13.9. The van der Waals surface area contributed by atoms with Gasteiger partial charge in [0.25, 0.3) is 5.91 Å². The molecule has 2 aromatic rings. The van der Waals surface area contributed by atoms with Gasteiger partial charge in [-0.3, -0.25) is 4.79 Å². The summed E-state index contributed by atoms with van der Waals surface area (Å²) in [5.74, 6) is -0.0350. The highest BCUT2D eigenvalue weighted by Gasteiger charge is 2.21. The fourth-order valence-electron chi connectivity index (χ4n) is 1.93. The molecule has 0 bridgehead atoms. The number of hydrogen-bond acceptors (Lipinski definition) is 3. The summed E-state index contributed by atoms with van der Waals surface area (Å²) in [5, 5.41) is 2.02. The van der Waals surface area contributed by atoms with Gasteiger partial charge in [0.05, 0.1) is 12.1 Å². The molecule has 1 aromatic carbocycles. The van der Waals surface area contributed by atoms with E-state index in [1.54, 1.807) is 23.5 Å². The van der Waals surface area contributed by atoms with Crippen LogP contribution in [-0.4, -0.2) is 16.8 Å². The second-order valence-corrected chi connectivity index (χ2v) is 6.79. The molecule has 20 heavy (non-hydrogen) atoms. The van der Waals surface area contributed by atoms with Crippen LogP contribution in [0.2, 0.25) is 0 Å². The number of nitrogen functional groups attached to an aromatic ring is 1. The Morgan fingerprint density at radius 3 is 2.75 bits per heavy atom. The van der Waals surface area contributed by atoms with Crippen molar-refractivity contribution < 1.29 is 4.79 Å². The standard InChI is InChI=1S/C15H17BrN2OS/c1-10(2)18(9-12-4-3-7-20-12)15(19)13-8-11(16)5-6-14(13)17/h3-8,10H,9,17H2,1-2H3. The number of benzene rings is 1. The van der Waals surface area contributed by atoms with Crippen LogP contribution >= 0.6 is 27.3 Å². The first-order chi connectivity index (χ1) is 9.49. The lowest BCUT2D eigenvalue weighted by Gasteiger charge is -2.27. The number of halogens is 1. The van der Waals surface area contributed by atoms with Gasteiger partial charge < -0.3 is 10.6 Å². The lowest BCUT2D eigenvalue weighted by atomic mass is 10.1. The Hall–Kier alpha value is -1.33. The van der Waals surface area contributed by atoms with Crippen molar-refractivity contribution in [3.63, 3.8) is 0 Å². The van der Waals surface area contributed by atoms with Gasteiger partial charge in [-0.05, 0) is 43.5 Å². The van der Waals surface area contributed by atoms with Gasteiger partial charge in [-0.25, -0.2) is 0 Å². The molecule has 0 radical (unpaired) electrons.